The van der Waals surface area contributed by atoms with Gasteiger partial charge in [-0.2, -0.15) is 0 Å². The Morgan fingerprint density at radius 1 is 1.33 bits per heavy atom. The van der Waals surface area contributed by atoms with E-state index in [0.717, 1.165) is 4.90 Å². The second-order valence-electron chi connectivity index (χ2n) is 4.54. The van der Waals surface area contributed by atoms with Gasteiger partial charge in [-0.1, -0.05) is 0 Å². The zero-order valence-corrected chi connectivity index (χ0v) is 9.42. The summed E-state index contributed by atoms with van der Waals surface area (Å²) in [6, 6.07) is 3.05. The molecule has 0 bridgehead atoms. The van der Waals surface area contributed by atoms with Gasteiger partial charge in [0.05, 0.1) is 5.56 Å². The number of carbonyl (C=O) groups excluding carboxylic acids is 2. The number of amides is 2. The zero-order chi connectivity index (χ0) is 12.9. The van der Waals surface area contributed by atoms with Crippen molar-refractivity contribution in [1.82, 2.24) is 9.88 Å². The molecule has 3 rings (SSSR count). The Morgan fingerprint density at radius 2 is 2.06 bits per heavy atom. The lowest BCUT2D eigenvalue weighted by molar-refractivity contribution is -0.153. The molecule has 1 aliphatic carbocycles. The maximum absolute atomic E-state index is 12.2. The van der Waals surface area contributed by atoms with Crippen LogP contribution in [-0.4, -0.2) is 38.3 Å². The Labute approximate surface area is 102 Å². The third-order valence-electron chi connectivity index (χ3n) is 3.65. The van der Waals surface area contributed by atoms with E-state index in [4.69, 9.17) is 0 Å². The number of carboxylic acids is 1. The first kappa shape index (κ1) is 10.9. The molecular weight excluding hydrogens is 236 g/mol. The highest BCUT2D eigenvalue weighted by Crippen LogP contribution is 2.42. The fraction of sp³-hybridized carbons (Fsp3) is 0.333. The van der Waals surface area contributed by atoms with Crippen molar-refractivity contribution in [1.29, 1.82) is 0 Å². The van der Waals surface area contributed by atoms with E-state index in [1.165, 1.54) is 12.3 Å². The fourth-order valence-corrected chi connectivity index (χ4v) is 2.50. The van der Waals surface area contributed by atoms with Crippen LogP contribution in [0.25, 0.3) is 0 Å². The number of fused-ring (bicyclic) bond motifs is 1. The molecule has 92 valence electrons. The van der Waals surface area contributed by atoms with Gasteiger partial charge in [0.2, 0.25) is 0 Å². The van der Waals surface area contributed by atoms with E-state index in [2.05, 4.69) is 4.98 Å². The number of carbonyl (C=O) groups is 3. The topological polar surface area (TPSA) is 87.6 Å². The predicted octanol–water partition coefficient (Wildman–Crippen LogP) is 0.685. The number of rotatable bonds is 2. The minimum absolute atomic E-state index is 0.0509. The maximum Gasteiger partial charge on any atom is 0.330 e. The molecule has 6 heteroatoms. The smallest absolute Gasteiger partial charge is 0.330 e. The van der Waals surface area contributed by atoms with Crippen molar-refractivity contribution < 1.29 is 19.5 Å². The number of hydrogen-bond donors (Lipinski definition) is 1. The standard InChI is InChI=1S/C12H10N2O4/c15-9-7-3-1-6-13-8(7)10(16)14(9)12(11(17)18)4-2-5-12/h1,3,6H,2,4-5H2,(H,17,18). The molecule has 1 aromatic rings. The molecule has 2 heterocycles. The molecule has 1 N–H and O–H groups in total. The molecule has 0 saturated heterocycles. The minimum atomic E-state index is -1.37. The average Bonchev–Trinajstić information content (AvgIpc) is 2.54. The Hall–Kier alpha value is -2.24. The van der Waals surface area contributed by atoms with E-state index in [9.17, 15) is 19.5 Å². The number of imide groups is 1. The molecule has 6 nitrogen and oxygen atoms in total. The number of aliphatic carboxylic acids is 1. The van der Waals surface area contributed by atoms with Crippen molar-refractivity contribution in [2.75, 3.05) is 0 Å². The van der Waals surface area contributed by atoms with Crippen LogP contribution in [-0.2, 0) is 4.79 Å². The van der Waals surface area contributed by atoms with E-state index in [1.54, 1.807) is 6.07 Å². The third-order valence-corrected chi connectivity index (χ3v) is 3.65. The normalized spacial score (nSPS) is 20.6. The molecule has 0 radical (unpaired) electrons. The number of hydrogen-bond acceptors (Lipinski definition) is 4. The number of pyridine rings is 1. The fourth-order valence-electron chi connectivity index (χ4n) is 2.50. The van der Waals surface area contributed by atoms with Crippen molar-refractivity contribution >= 4 is 17.8 Å². The van der Waals surface area contributed by atoms with Crippen molar-refractivity contribution in [3.05, 3.63) is 29.6 Å². The van der Waals surface area contributed by atoms with Gasteiger partial charge in [0, 0.05) is 6.20 Å². The van der Waals surface area contributed by atoms with Crippen LogP contribution in [0.4, 0.5) is 0 Å². The molecule has 1 aliphatic heterocycles. The Kier molecular flexibility index (Phi) is 2.04. The maximum atomic E-state index is 12.2. The van der Waals surface area contributed by atoms with Crippen molar-refractivity contribution in [3.8, 4) is 0 Å². The highest BCUT2D eigenvalue weighted by molar-refractivity contribution is 6.22. The summed E-state index contributed by atoms with van der Waals surface area (Å²) in [6.07, 6.45) is 2.75. The summed E-state index contributed by atoms with van der Waals surface area (Å²) < 4.78 is 0. The highest BCUT2D eigenvalue weighted by Gasteiger charge is 2.57. The largest absolute Gasteiger partial charge is 0.479 e. The van der Waals surface area contributed by atoms with Crippen LogP contribution in [0.5, 0.6) is 0 Å². The molecule has 0 aromatic carbocycles. The lowest BCUT2D eigenvalue weighted by Gasteiger charge is -2.43. The van der Waals surface area contributed by atoms with E-state index < -0.39 is 23.3 Å². The minimum Gasteiger partial charge on any atom is -0.479 e. The van der Waals surface area contributed by atoms with Gasteiger partial charge in [0.15, 0.2) is 0 Å². The summed E-state index contributed by atoms with van der Waals surface area (Å²) in [4.78, 5) is 40.4. The molecular formula is C12H10N2O4. The first-order chi connectivity index (χ1) is 8.58. The Balaban J connectivity index is 2.10. The highest BCUT2D eigenvalue weighted by atomic mass is 16.4. The molecule has 0 atom stereocenters. The molecule has 2 amide bonds. The lowest BCUT2D eigenvalue weighted by Crippen LogP contribution is -2.61. The summed E-state index contributed by atoms with van der Waals surface area (Å²) >= 11 is 0. The van der Waals surface area contributed by atoms with Crippen LogP contribution in [0.3, 0.4) is 0 Å². The first-order valence-electron chi connectivity index (χ1n) is 5.65. The summed E-state index contributed by atoms with van der Waals surface area (Å²) in [5.74, 6) is -2.27. The van der Waals surface area contributed by atoms with Crippen LogP contribution in [0, 0.1) is 0 Å². The zero-order valence-electron chi connectivity index (χ0n) is 9.42. The van der Waals surface area contributed by atoms with Crippen LogP contribution >= 0.6 is 0 Å². The second-order valence-corrected chi connectivity index (χ2v) is 4.54. The second kappa shape index (κ2) is 3.38. The molecule has 2 aliphatic rings. The van der Waals surface area contributed by atoms with E-state index >= 15 is 0 Å². The van der Waals surface area contributed by atoms with Gasteiger partial charge in [0.1, 0.15) is 11.2 Å². The van der Waals surface area contributed by atoms with Gasteiger partial charge >= 0.3 is 5.97 Å². The molecule has 0 unspecified atom stereocenters. The number of nitrogens with zero attached hydrogens (tertiary/aromatic N) is 2. The molecule has 18 heavy (non-hydrogen) atoms. The molecule has 1 fully saturated rings. The van der Waals surface area contributed by atoms with Gasteiger partial charge in [-0.05, 0) is 31.4 Å². The van der Waals surface area contributed by atoms with Gasteiger partial charge < -0.3 is 5.11 Å². The van der Waals surface area contributed by atoms with E-state index in [0.29, 0.717) is 19.3 Å². The summed E-state index contributed by atoms with van der Waals surface area (Å²) in [5.41, 5.74) is -1.13. The van der Waals surface area contributed by atoms with Gasteiger partial charge in [0.25, 0.3) is 11.8 Å². The monoisotopic (exact) mass is 246 g/mol. The quantitative estimate of drug-likeness (QED) is 0.775. The number of carboxylic acid groups (broad SMARTS) is 1. The van der Waals surface area contributed by atoms with Crippen molar-refractivity contribution in [2.24, 2.45) is 0 Å². The van der Waals surface area contributed by atoms with E-state index in [1.807, 2.05) is 0 Å². The summed E-state index contributed by atoms with van der Waals surface area (Å²) in [6.45, 7) is 0. The SMILES string of the molecule is O=C1c2cccnc2C(=O)N1C1(C(=O)O)CCC1. The number of aromatic nitrogens is 1. The van der Waals surface area contributed by atoms with Crippen LogP contribution in [0.2, 0.25) is 0 Å². The third kappa shape index (κ3) is 1.12. The van der Waals surface area contributed by atoms with E-state index in [-0.39, 0.29) is 11.3 Å². The molecule has 1 saturated carbocycles. The van der Waals surface area contributed by atoms with Gasteiger partial charge in [-0.3, -0.25) is 19.5 Å². The summed E-state index contributed by atoms with van der Waals surface area (Å²) in [7, 11) is 0. The molecule has 0 spiro atoms. The van der Waals surface area contributed by atoms with Gasteiger partial charge in [-0.25, -0.2) is 4.79 Å². The predicted molar refractivity (Wildman–Crippen MR) is 59.0 cm³/mol. The lowest BCUT2D eigenvalue weighted by atomic mass is 9.75. The van der Waals surface area contributed by atoms with Crippen LogP contribution in [0.1, 0.15) is 40.1 Å². The Morgan fingerprint density at radius 3 is 2.56 bits per heavy atom. The Bertz CT molecular complexity index is 542. The van der Waals surface area contributed by atoms with Gasteiger partial charge in [-0.15, -0.1) is 0 Å². The molecule has 1 aromatic heterocycles. The summed E-state index contributed by atoms with van der Waals surface area (Å²) in [5, 5.41) is 9.29. The van der Waals surface area contributed by atoms with Crippen LogP contribution in [0.15, 0.2) is 18.3 Å². The van der Waals surface area contributed by atoms with Crippen LogP contribution < -0.4 is 0 Å². The van der Waals surface area contributed by atoms with Crippen molar-refractivity contribution in [3.63, 3.8) is 0 Å². The average molecular weight is 246 g/mol. The first-order valence-corrected chi connectivity index (χ1v) is 5.65. The van der Waals surface area contributed by atoms with Crippen molar-refractivity contribution in [2.45, 2.75) is 24.8 Å².